The SMILES string of the molecule is CC(C)(C)C1OCCCC1CNC(=O)C12CC3CC(CC(C3)C1)C2. The first-order chi connectivity index (χ1) is 11.4. The standard InChI is InChI=1S/C21H35NO2/c1-20(2,3)18-17(5-4-6-24-18)13-22-19(23)21-10-14-7-15(11-21)9-16(8-14)12-21/h14-18H,4-13H2,1-3H3,(H,22,23). The third kappa shape index (κ3) is 3.02. The molecule has 3 heteroatoms. The van der Waals surface area contributed by atoms with E-state index in [4.69, 9.17) is 4.74 Å². The van der Waals surface area contributed by atoms with Crippen molar-refractivity contribution in [2.45, 2.75) is 78.2 Å². The van der Waals surface area contributed by atoms with Crippen LogP contribution in [0.15, 0.2) is 0 Å². The molecule has 0 radical (unpaired) electrons. The molecule has 5 rings (SSSR count). The average Bonchev–Trinajstić information content (AvgIpc) is 2.50. The van der Waals surface area contributed by atoms with Crippen molar-refractivity contribution in [3.05, 3.63) is 0 Å². The second-order valence-corrected chi connectivity index (χ2v) is 10.5. The number of amides is 1. The Morgan fingerprint density at radius 1 is 1.08 bits per heavy atom. The first kappa shape index (κ1) is 16.9. The van der Waals surface area contributed by atoms with Crippen molar-refractivity contribution in [1.29, 1.82) is 0 Å². The van der Waals surface area contributed by atoms with Crippen LogP contribution in [0.2, 0.25) is 0 Å². The van der Waals surface area contributed by atoms with Crippen LogP contribution in [0, 0.1) is 34.5 Å². The summed E-state index contributed by atoms with van der Waals surface area (Å²) < 4.78 is 6.09. The van der Waals surface area contributed by atoms with E-state index in [0.29, 0.717) is 11.8 Å². The van der Waals surface area contributed by atoms with Gasteiger partial charge in [-0.2, -0.15) is 0 Å². The molecule has 4 bridgehead atoms. The minimum atomic E-state index is -0.0124. The highest BCUT2D eigenvalue weighted by Gasteiger charge is 2.54. The molecule has 2 atom stereocenters. The third-order valence-electron chi connectivity index (χ3n) is 7.34. The van der Waals surface area contributed by atoms with Gasteiger partial charge in [-0.25, -0.2) is 0 Å². The van der Waals surface area contributed by atoms with Crippen molar-refractivity contribution in [3.8, 4) is 0 Å². The molecule has 5 aliphatic rings. The highest BCUT2D eigenvalue weighted by molar-refractivity contribution is 5.83. The van der Waals surface area contributed by atoms with Crippen LogP contribution < -0.4 is 5.32 Å². The zero-order chi connectivity index (χ0) is 16.9. The van der Waals surface area contributed by atoms with Crippen LogP contribution in [0.3, 0.4) is 0 Å². The zero-order valence-corrected chi connectivity index (χ0v) is 15.8. The van der Waals surface area contributed by atoms with Gasteiger partial charge < -0.3 is 10.1 Å². The van der Waals surface area contributed by atoms with Gasteiger partial charge in [0.2, 0.25) is 5.91 Å². The minimum Gasteiger partial charge on any atom is -0.377 e. The van der Waals surface area contributed by atoms with E-state index in [1.165, 1.54) is 25.7 Å². The van der Waals surface area contributed by atoms with E-state index in [2.05, 4.69) is 26.1 Å². The summed E-state index contributed by atoms with van der Waals surface area (Å²) in [6.45, 7) is 8.47. The second kappa shape index (κ2) is 6.00. The number of carbonyl (C=O) groups excluding carboxylic acids is 1. The van der Waals surface area contributed by atoms with E-state index in [9.17, 15) is 4.79 Å². The van der Waals surface area contributed by atoms with Crippen LogP contribution in [-0.2, 0) is 9.53 Å². The second-order valence-electron chi connectivity index (χ2n) is 10.5. The van der Waals surface area contributed by atoms with Gasteiger partial charge in [-0.15, -0.1) is 0 Å². The molecule has 0 aromatic heterocycles. The lowest BCUT2D eigenvalue weighted by atomic mass is 9.49. The third-order valence-corrected chi connectivity index (χ3v) is 7.34. The van der Waals surface area contributed by atoms with Gasteiger partial charge in [0, 0.05) is 24.5 Å². The number of hydrogen-bond acceptors (Lipinski definition) is 2. The molecule has 1 N–H and O–H groups in total. The molecule has 1 heterocycles. The predicted octanol–water partition coefficient (Wildman–Crippen LogP) is 4.16. The first-order valence-electron chi connectivity index (χ1n) is 10.3. The summed E-state index contributed by atoms with van der Waals surface area (Å²) >= 11 is 0. The highest BCUT2D eigenvalue weighted by atomic mass is 16.5. The number of ether oxygens (including phenoxy) is 1. The van der Waals surface area contributed by atoms with Crippen molar-refractivity contribution in [2.24, 2.45) is 34.5 Å². The van der Waals surface area contributed by atoms with E-state index in [-0.39, 0.29) is 16.9 Å². The molecule has 0 aromatic rings. The van der Waals surface area contributed by atoms with E-state index in [0.717, 1.165) is 56.6 Å². The summed E-state index contributed by atoms with van der Waals surface area (Å²) in [5.41, 5.74) is 0.137. The number of rotatable bonds is 3. The Balaban J connectivity index is 1.39. The van der Waals surface area contributed by atoms with E-state index >= 15 is 0 Å². The number of nitrogens with one attached hydrogen (secondary N) is 1. The molecule has 4 saturated carbocycles. The normalized spacial score (nSPS) is 44.5. The molecule has 0 spiro atoms. The van der Waals surface area contributed by atoms with Crippen molar-refractivity contribution < 1.29 is 9.53 Å². The Morgan fingerprint density at radius 3 is 2.21 bits per heavy atom. The van der Waals surface area contributed by atoms with Crippen molar-refractivity contribution in [2.75, 3.05) is 13.2 Å². The van der Waals surface area contributed by atoms with Crippen LogP contribution in [-0.4, -0.2) is 25.2 Å². The zero-order valence-electron chi connectivity index (χ0n) is 15.8. The van der Waals surface area contributed by atoms with Crippen LogP contribution in [0.1, 0.15) is 72.1 Å². The van der Waals surface area contributed by atoms with Gasteiger partial charge in [-0.1, -0.05) is 20.8 Å². The molecule has 3 nitrogen and oxygen atoms in total. The fourth-order valence-corrected chi connectivity index (χ4v) is 6.81. The van der Waals surface area contributed by atoms with E-state index in [1.54, 1.807) is 0 Å². The lowest BCUT2D eigenvalue weighted by Crippen LogP contribution is -2.55. The molecule has 2 unspecified atom stereocenters. The molecule has 1 aliphatic heterocycles. The van der Waals surface area contributed by atoms with Gasteiger partial charge in [0.1, 0.15) is 0 Å². The first-order valence-corrected chi connectivity index (χ1v) is 10.3. The molecule has 1 amide bonds. The smallest absolute Gasteiger partial charge is 0.226 e. The van der Waals surface area contributed by atoms with Gasteiger partial charge in [-0.05, 0) is 74.5 Å². The van der Waals surface area contributed by atoms with Crippen LogP contribution in [0.5, 0.6) is 0 Å². The van der Waals surface area contributed by atoms with E-state index < -0.39 is 0 Å². The lowest BCUT2D eigenvalue weighted by Gasteiger charge is -2.55. The Morgan fingerprint density at radius 2 is 1.67 bits per heavy atom. The molecule has 4 aliphatic carbocycles. The fraction of sp³-hybridized carbons (Fsp3) is 0.952. The molecule has 5 fully saturated rings. The molecule has 136 valence electrons. The Labute approximate surface area is 147 Å². The Kier molecular flexibility index (Phi) is 4.22. The summed E-state index contributed by atoms with van der Waals surface area (Å²) in [5, 5.41) is 3.39. The van der Waals surface area contributed by atoms with Gasteiger partial charge in [-0.3, -0.25) is 4.79 Å². The maximum atomic E-state index is 13.1. The molecular weight excluding hydrogens is 298 g/mol. The van der Waals surface area contributed by atoms with Gasteiger partial charge in [0.25, 0.3) is 0 Å². The quantitative estimate of drug-likeness (QED) is 0.842. The maximum Gasteiger partial charge on any atom is 0.226 e. The van der Waals surface area contributed by atoms with Crippen molar-refractivity contribution in [1.82, 2.24) is 5.32 Å². The molecule has 0 aromatic carbocycles. The average molecular weight is 334 g/mol. The highest BCUT2D eigenvalue weighted by Crippen LogP contribution is 2.60. The largest absolute Gasteiger partial charge is 0.377 e. The van der Waals surface area contributed by atoms with E-state index in [1.807, 2.05) is 0 Å². The van der Waals surface area contributed by atoms with Crippen LogP contribution in [0.4, 0.5) is 0 Å². The Hall–Kier alpha value is -0.570. The van der Waals surface area contributed by atoms with Crippen LogP contribution >= 0.6 is 0 Å². The topological polar surface area (TPSA) is 38.3 Å². The summed E-state index contributed by atoms with van der Waals surface area (Å²) in [6.07, 6.45) is 10.3. The van der Waals surface area contributed by atoms with Gasteiger partial charge >= 0.3 is 0 Å². The fourth-order valence-electron chi connectivity index (χ4n) is 6.81. The number of carbonyl (C=O) groups is 1. The van der Waals surface area contributed by atoms with Gasteiger partial charge in [0.05, 0.1) is 6.10 Å². The minimum absolute atomic E-state index is 0.0124. The predicted molar refractivity (Wildman–Crippen MR) is 95.5 cm³/mol. The number of hydrogen-bond donors (Lipinski definition) is 1. The Bertz CT molecular complexity index is 457. The molecular formula is C21H35NO2. The lowest BCUT2D eigenvalue weighted by molar-refractivity contribution is -0.147. The summed E-state index contributed by atoms with van der Waals surface area (Å²) in [4.78, 5) is 13.1. The van der Waals surface area contributed by atoms with Gasteiger partial charge in [0.15, 0.2) is 0 Å². The summed E-state index contributed by atoms with van der Waals surface area (Å²) in [6, 6.07) is 0. The summed E-state index contributed by atoms with van der Waals surface area (Å²) in [7, 11) is 0. The maximum absolute atomic E-state index is 13.1. The summed E-state index contributed by atoms with van der Waals surface area (Å²) in [5.74, 6) is 3.35. The van der Waals surface area contributed by atoms with Crippen molar-refractivity contribution >= 4 is 5.91 Å². The molecule has 1 saturated heterocycles. The van der Waals surface area contributed by atoms with Crippen LogP contribution in [0.25, 0.3) is 0 Å². The monoisotopic (exact) mass is 333 g/mol. The molecule has 24 heavy (non-hydrogen) atoms. The van der Waals surface area contributed by atoms with Crippen molar-refractivity contribution in [3.63, 3.8) is 0 Å².